The summed E-state index contributed by atoms with van der Waals surface area (Å²) in [6.45, 7) is 2.01. The monoisotopic (exact) mass is 265 g/mol. The minimum absolute atomic E-state index is 0.204. The molecule has 4 heteroatoms. The van der Waals surface area contributed by atoms with Crippen LogP contribution in [-0.2, 0) is 4.79 Å². The fourth-order valence-corrected chi connectivity index (χ4v) is 2.69. The number of hydrogen-bond acceptors (Lipinski definition) is 2. The average Bonchev–Trinajstić information content (AvgIpc) is 2.19. The molecule has 1 aliphatic heterocycles. The first-order chi connectivity index (χ1) is 6.24. The third-order valence-corrected chi connectivity index (χ3v) is 4.44. The fraction of sp³-hybridized carbons (Fsp3) is 0.889. The van der Waals surface area contributed by atoms with Crippen molar-refractivity contribution in [2.45, 2.75) is 37.5 Å². The van der Waals surface area contributed by atoms with Crippen LogP contribution >= 0.6 is 27.7 Å². The summed E-state index contributed by atoms with van der Waals surface area (Å²) in [6, 6.07) is 0.245. The van der Waals surface area contributed by atoms with Crippen LogP contribution in [0.2, 0.25) is 0 Å². The summed E-state index contributed by atoms with van der Waals surface area (Å²) < 4.78 is 0. The lowest BCUT2D eigenvalue weighted by Gasteiger charge is -2.22. The van der Waals surface area contributed by atoms with Crippen molar-refractivity contribution in [1.82, 2.24) is 5.32 Å². The van der Waals surface area contributed by atoms with Crippen LogP contribution in [0, 0.1) is 0 Å². The molecule has 76 valence electrons. The third kappa shape index (κ3) is 3.90. The summed E-state index contributed by atoms with van der Waals surface area (Å²) in [5.74, 6) is 1.36. The second kappa shape index (κ2) is 5.91. The molecule has 0 aromatic rings. The molecule has 0 bridgehead atoms. The van der Waals surface area contributed by atoms with Gasteiger partial charge in [-0.15, -0.1) is 11.8 Å². The lowest BCUT2D eigenvalue weighted by Crippen LogP contribution is -2.40. The molecule has 2 atom stereocenters. The van der Waals surface area contributed by atoms with Gasteiger partial charge in [-0.2, -0.15) is 0 Å². The van der Waals surface area contributed by atoms with E-state index in [2.05, 4.69) is 21.2 Å². The van der Waals surface area contributed by atoms with Crippen LogP contribution in [0.3, 0.4) is 0 Å². The first kappa shape index (κ1) is 11.4. The molecule has 1 amide bonds. The smallest absolute Gasteiger partial charge is 0.233 e. The number of carbonyl (C=O) groups is 1. The molecule has 13 heavy (non-hydrogen) atoms. The van der Waals surface area contributed by atoms with E-state index in [1.807, 2.05) is 6.92 Å². The van der Waals surface area contributed by atoms with Gasteiger partial charge >= 0.3 is 0 Å². The lowest BCUT2D eigenvalue weighted by atomic mass is 10.2. The average molecular weight is 266 g/mol. The van der Waals surface area contributed by atoms with Crippen molar-refractivity contribution in [2.75, 3.05) is 11.1 Å². The predicted molar refractivity (Wildman–Crippen MR) is 61.5 cm³/mol. The Kier molecular flexibility index (Phi) is 5.17. The van der Waals surface area contributed by atoms with Gasteiger partial charge in [0.2, 0.25) is 5.91 Å². The molecular weight excluding hydrogens is 250 g/mol. The molecule has 2 unspecified atom stereocenters. The largest absolute Gasteiger partial charge is 0.352 e. The molecule has 2 nitrogen and oxygen atoms in total. The molecular formula is C9H16BrNOS. The normalized spacial score (nSPS) is 25.2. The Bertz CT molecular complexity index is 171. The van der Waals surface area contributed by atoms with E-state index >= 15 is 0 Å². The van der Waals surface area contributed by atoms with Crippen molar-refractivity contribution < 1.29 is 4.79 Å². The Labute approximate surface area is 92.4 Å². The minimum atomic E-state index is 0.204. The highest BCUT2D eigenvalue weighted by Crippen LogP contribution is 2.25. The van der Waals surface area contributed by atoms with Crippen LogP contribution in [0.4, 0.5) is 0 Å². The highest BCUT2D eigenvalue weighted by molar-refractivity contribution is 9.09. The predicted octanol–water partition coefficient (Wildman–Crippen LogP) is 2.17. The van der Waals surface area contributed by atoms with Gasteiger partial charge in [0.25, 0.3) is 0 Å². The van der Waals surface area contributed by atoms with E-state index in [0.29, 0.717) is 0 Å². The Balaban J connectivity index is 2.29. The van der Waals surface area contributed by atoms with E-state index in [0.717, 1.165) is 17.5 Å². The van der Waals surface area contributed by atoms with Crippen molar-refractivity contribution in [3.63, 3.8) is 0 Å². The SMILES string of the molecule is CC(CBr)NC(=O)C1CCCCS1. The van der Waals surface area contributed by atoms with E-state index in [9.17, 15) is 4.79 Å². The highest BCUT2D eigenvalue weighted by Gasteiger charge is 2.22. The van der Waals surface area contributed by atoms with Crippen LogP contribution in [0.25, 0.3) is 0 Å². The van der Waals surface area contributed by atoms with Gasteiger partial charge in [-0.3, -0.25) is 4.79 Å². The molecule has 0 aliphatic carbocycles. The second-order valence-corrected chi connectivity index (χ2v) is 5.38. The Morgan fingerprint density at radius 1 is 1.69 bits per heavy atom. The number of halogens is 1. The maximum atomic E-state index is 11.6. The Morgan fingerprint density at radius 2 is 2.46 bits per heavy atom. The lowest BCUT2D eigenvalue weighted by molar-refractivity contribution is -0.121. The maximum absolute atomic E-state index is 11.6. The third-order valence-electron chi connectivity index (χ3n) is 2.09. The van der Waals surface area contributed by atoms with Gasteiger partial charge < -0.3 is 5.32 Å². The number of rotatable bonds is 3. The first-order valence-corrected chi connectivity index (χ1v) is 6.89. The molecule has 0 aromatic heterocycles. The van der Waals surface area contributed by atoms with Crippen LogP contribution < -0.4 is 5.32 Å². The van der Waals surface area contributed by atoms with E-state index in [1.165, 1.54) is 12.8 Å². The minimum Gasteiger partial charge on any atom is -0.352 e. The second-order valence-electron chi connectivity index (χ2n) is 3.42. The standard InChI is InChI=1S/C9H16BrNOS/c1-7(6-10)11-9(12)8-4-2-3-5-13-8/h7-8H,2-6H2,1H3,(H,11,12). The number of hydrogen-bond donors (Lipinski definition) is 1. The summed E-state index contributed by atoms with van der Waals surface area (Å²) in [7, 11) is 0. The number of alkyl halides is 1. The maximum Gasteiger partial charge on any atom is 0.233 e. The molecule has 1 rings (SSSR count). The first-order valence-electron chi connectivity index (χ1n) is 4.72. The number of amides is 1. The van der Waals surface area contributed by atoms with Crippen molar-refractivity contribution >= 4 is 33.6 Å². The zero-order valence-corrected chi connectivity index (χ0v) is 10.3. The Morgan fingerprint density at radius 3 is 3.00 bits per heavy atom. The zero-order valence-electron chi connectivity index (χ0n) is 7.88. The van der Waals surface area contributed by atoms with Gasteiger partial charge in [0.15, 0.2) is 0 Å². The summed E-state index contributed by atoms with van der Waals surface area (Å²) in [6.07, 6.45) is 3.52. The van der Waals surface area contributed by atoms with E-state index < -0.39 is 0 Å². The molecule has 0 spiro atoms. The fourth-order valence-electron chi connectivity index (χ4n) is 1.32. The van der Waals surface area contributed by atoms with Crippen molar-refractivity contribution in [2.24, 2.45) is 0 Å². The number of nitrogens with one attached hydrogen (secondary N) is 1. The van der Waals surface area contributed by atoms with Crippen LogP contribution in [0.15, 0.2) is 0 Å². The van der Waals surface area contributed by atoms with Crippen LogP contribution in [0.1, 0.15) is 26.2 Å². The van der Waals surface area contributed by atoms with E-state index in [-0.39, 0.29) is 17.2 Å². The van der Waals surface area contributed by atoms with Crippen LogP contribution in [-0.4, -0.2) is 28.3 Å². The molecule has 0 radical (unpaired) electrons. The topological polar surface area (TPSA) is 29.1 Å². The molecule has 1 saturated heterocycles. The number of thioether (sulfide) groups is 1. The summed E-state index contributed by atoms with van der Waals surface area (Å²) in [5, 5.41) is 4.03. The van der Waals surface area contributed by atoms with Gasteiger partial charge in [0, 0.05) is 11.4 Å². The molecule has 1 fully saturated rings. The van der Waals surface area contributed by atoms with Gasteiger partial charge in [0.1, 0.15) is 0 Å². The van der Waals surface area contributed by atoms with Gasteiger partial charge in [0.05, 0.1) is 5.25 Å². The zero-order chi connectivity index (χ0) is 9.68. The quantitative estimate of drug-likeness (QED) is 0.793. The molecule has 1 heterocycles. The molecule has 0 aromatic carbocycles. The van der Waals surface area contributed by atoms with E-state index in [1.54, 1.807) is 11.8 Å². The summed E-state index contributed by atoms with van der Waals surface area (Å²) >= 11 is 5.14. The summed E-state index contributed by atoms with van der Waals surface area (Å²) in [5.41, 5.74) is 0. The van der Waals surface area contributed by atoms with Gasteiger partial charge in [-0.05, 0) is 25.5 Å². The number of carbonyl (C=O) groups excluding carboxylic acids is 1. The summed E-state index contributed by atoms with van der Waals surface area (Å²) in [4.78, 5) is 11.6. The van der Waals surface area contributed by atoms with Crippen LogP contribution in [0.5, 0.6) is 0 Å². The van der Waals surface area contributed by atoms with Crippen molar-refractivity contribution in [3.05, 3.63) is 0 Å². The van der Waals surface area contributed by atoms with Crippen molar-refractivity contribution in [1.29, 1.82) is 0 Å². The van der Waals surface area contributed by atoms with Crippen molar-refractivity contribution in [3.8, 4) is 0 Å². The molecule has 1 aliphatic rings. The highest BCUT2D eigenvalue weighted by atomic mass is 79.9. The molecule has 1 N–H and O–H groups in total. The Hall–Kier alpha value is 0.300. The van der Waals surface area contributed by atoms with E-state index in [4.69, 9.17) is 0 Å². The molecule has 0 saturated carbocycles. The van der Waals surface area contributed by atoms with Gasteiger partial charge in [-0.25, -0.2) is 0 Å². The van der Waals surface area contributed by atoms with Gasteiger partial charge in [-0.1, -0.05) is 22.4 Å².